The Morgan fingerprint density at radius 1 is 0.681 bits per heavy atom. The highest BCUT2D eigenvalue weighted by atomic mass is 35.5. The highest BCUT2D eigenvalue weighted by Gasteiger charge is 2.52. The minimum atomic E-state index is -2.32. The fourth-order valence-electron chi connectivity index (χ4n) is 14.2. The van der Waals surface area contributed by atoms with Gasteiger partial charge in [-0.3, -0.25) is 38.4 Å². The summed E-state index contributed by atoms with van der Waals surface area (Å²) < 4.78 is 45.5. The van der Waals surface area contributed by atoms with Gasteiger partial charge in [0.25, 0.3) is 0 Å². The number of nitrogens with two attached hydrogens (primary N) is 2. The number of phenolic OH excluding ortho intramolecular Hbond substituents is 3. The topological polar surface area (TPSA) is 532 Å². The van der Waals surface area contributed by atoms with Gasteiger partial charge in [-0.25, -0.2) is 0 Å². The number of hydrogen-bond acceptors (Lipinski definition) is 26. The second kappa shape index (κ2) is 38.3. The Kier molecular flexibility index (Phi) is 28.8. The first kappa shape index (κ1) is 89.4. The maximum Gasteiger partial charge on any atom is 0.248 e. The van der Waals surface area contributed by atoms with Gasteiger partial charge in [0.05, 0.1) is 57.5 Å². The van der Waals surface area contributed by atoms with E-state index in [1.807, 2.05) is 26.0 Å². The van der Waals surface area contributed by atoms with E-state index in [-0.39, 0.29) is 75.7 Å². The van der Waals surface area contributed by atoms with E-state index in [2.05, 4.69) is 42.5 Å². The number of ether oxygens (including phenoxy) is 7. The number of halogens is 4. The van der Waals surface area contributed by atoms with Gasteiger partial charge in [-0.2, -0.15) is 0 Å². The molecule has 636 valence electrons. The number of aliphatic hydroxyl groups excluding tert-OH is 6. The van der Waals surface area contributed by atoms with Gasteiger partial charge in [0.1, 0.15) is 95.7 Å². The molecular weight excluding hydrogens is 1640 g/mol. The fraction of sp³-hybridized carbons (Fsp3) is 0.383. The monoisotopic (exact) mass is 1730 g/mol. The minimum absolute atomic E-state index is 0.0440. The fourth-order valence-corrected chi connectivity index (χ4v) is 14.9. The number of nitrogens with one attached hydrogen (secondary N) is 8. The average molecular weight is 1730 g/mol. The SMILES string of the molecule is CN[C@H](CC(C)C)C(=O)N[C@H]1C(=O)N[C@@H](CC(N)=O)C(=O)N[C@H]2C(=O)NC(c3ccc(O)c(-c4c(O)cc(O)cc4[C@@H](NC(C)=O)C(N)=O)c3)C(=O)NC[C@H](O)c3ccc(c(Cl)c3)Oc3cc2cc(c3OC2OC(CO)C(O)C(O)C2OC2CC(C)(NCc3ccc(OCc4ccc(Cl)c(Cl)c4)cc3)C(O)C(C)O2)Oc2ccc(cc2Cl)[C@H]1O. The van der Waals surface area contributed by atoms with Gasteiger partial charge in [0.2, 0.25) is 59.3 Å². The molecule has 0 aromatic heterocycles. The second-order valence-electron chi connectivity index (χ2n) is 29.7. The summed E-state index contributed by atoms with van der Waals surface area (Å²) in [6.07, 6.45) is -18.0. The highest BCUT2D eigenvalue weighted by molar-refractivity contribution is 6.42. The number of amides is 8. The number of likely N-dealkylation sites (N-methyl/N-ethyl adjacent to an activating group) is 1. The molecule has 34 nitrogen and oxygen atoms in total. The number of primary amides is 2. The number of hydrogen-bond donors (Lipinski definition) is 19. The molecule has 8 amide bonds. The molecule has 0 saturated carbocycles. The van der Waals surface area contributed by atoms with Crippen molar-refractivity contribution < 1.29 is 117 Å². The molecule has 2 saturated heterocycles. The Hall–Kier alpha value is -10.4. The van der Waals surface area contributed by atoms with Crippen molar-refractivity contribution in [3.63, 3.8) is 0 Å². The summed E-state index contributed by atoms with van der Waals surface area (Å²) in [5.74, 6) is -13.5. The van der Waals surface area contributed by atoms with E-state index in [0.717, 1.165) is 66.6 Å². The van der Waals surface area contributed by atoms with E-state index in [4.69, 9.17) is 91.0 Å². The highest BCUT2D eigenvalue weighted by Crippen LogP contribution is 2.50. The van der Waals surface area contributed by atoms with Crippen molar-refractivity contribution >= 4 is 93.7 Å². The Balaban J connectivity index is 1.06. The van der Waals surface area contributed by atoms with Crippen LogP contribution in [0.3, 0.4) is 0 Å². The molecule has 7 bridgehead atoms. The van der Waals surface area contributed by atoms with Crippen LogP contribution in [0.15, 0.2) is 121 Å². The van der Waals surface area contributed by atoms with Crippen LogP contribution in [-0.4, -0.2) is 186 Å². The second-order valence-corrected chi connectivity index (χ2v) is 31.4. The normalized spacial score (nSPS) is 25.3. The van der Waals surface area contributed by atoms with Crippen molar-refractivity contribution in [2.75, 3.05) is 20.2 Å². The molecule has 17 atom stereocenters. The van der Waals surface area contributed by atoms with Gasteiger partial charge in [0, 0.05) is 49.2 Å². The Morgan fingerprint density at radius 3 is 1.94 bits per heavy atom. The first-order valence-electron chi connectivity index (χ1n) is 37.5. The molecule has 7 aromatic rings. The van der Waals surface area contributed by atoms with Crippen LogP contribution in [-0.2, 0) is 65.7 Å². The van der Waals surface area contributed by atoms with E-state index >= 15 is 14.4 Å². The van der Waals surface area contributed by atoms with Crippen LogP contribution in [0.2, 0.25) is 20.1 Å². The Morgan fingerprint density at radius 2 is 1.32 bits per heavy atom. The first-order chi connectivity index (χ1) is 56.4. The van der Waals surface area contributed by atoms with Crippen LogP contribution in [0.1, 0.15) is 123 Å². The zero-order valence-electron chi connectivity index (χ0n) is 64.6. The van der Waals surface area contributed by atoms with Crippen LogP contribution in [0.4, 0.5) is 0 Å². The third kappa shape index (κ3) is 21.1. The van der Waals surface area contributed by atoms with E-state index in [0.29, 0.717) is 15.8 Å². The van der Waals surface area contributed by atoms with Crippen LogP contribution < -0.4 is 72.9 Å². The van der Waals surface area contributed by atoms with Crippen molar-refractivity contribution in [1.29, 1.82) is 0 Å². The van der Waals surface area contributed by atoms with Crippen LogP contribution in [0.5, 0.6) is 51.7 Å². The number of rotatable bonds is 23. The molecule has 38 heteroatoms. The number of aliphatic hydroxyl groups is 6. The first-order valence-corrected chi connectivity index (χ1v) is 39.0. The van der Waals surface area contributed by atoms with Crippen LogP contribution in [0, 0.1) is 5.92 Å². The van der Waals surface area contributed by atoms with Gasteiger partial charge in [-0.15, -0.1) is 0 Å². The molecule has 21 N–H and O–H groups in total. The molecule has 10 unspecified atom stereocenters. The molecule has 7 aromatic carbocycles. The summed E-state index contributed by atoms with van der Waals surface area (Å²) in [4.78, 5) is 115. The van der Waals surface area contributed by atoms with Crippen molar-refractivity contribution in [2.24, 2.45) is 17.4 Å². The molecule has 0 radical (unpaired) electrons. The van der Waals surface area contributed by atoms with E-state index in [9.17, 15) is 69.9 Å². The standard InChI is InChI=1S/C81H90Cl4N10O24/c1-34(2)19-51(88-6)75(108)95-67-68(103)41-12-18-57(50(85)23-41)116-59-25-42-24-58(71(59)119-80-72(70(105)69(104)60(32-96)117-80)118-62-29-81(5,73(106)35(3)114-62)90-30-37-7-13-44(14-8-37)113-33-38-9-15-47(82)48(83)20-38)115-56-17-11-39(22-49(56)84)55(101)31-89-77(110)64(94-78(111)65(42)93-76(109)52(28-61(86)102)92-79(67)112)40-10-16-53(99)45(21-40)63-46(26-43(98)27-54(63)100)66(74(87)107)91-36(4)97/h7-18,20-27,34-35,51-52,55,60,62,64-70,72-73,80,88,90,96,98-101,103-106H,19,28-33H2,1-6H3,(H2,86,102)(H2,87,107)(H,89,110)(H,91,97)(H,92,112)(H,93,109)(H,94,111)(H,95,108)/t35?,51-,52+,55+,60?,62?,64?,65-,66-,67-,68-,69?,70?,72?,73?,80?,81?/m1/s1. The lowest BCUT2D eigenvalue weighted by atomic mass is 9.84. The van der Waals surface area contributed by atoms with E-state index in [1.54, 1.807) is 44.2 Å². The molecule has 2 fully saturated rings. The molecule has 0 aliphatic carbocycles. The lowest BCUT2D eigenvalue weighted by Gasteiger charge is -2.48. The number of fused-ring (bicyclic) bond motifs is 16. The smallest absolute Gasteiger partial charge is 0.248 e. The van der Waals surface area contributed by atoms with Gasteiger partial charge in [-0.05, 0) is 151 Å². The summed E-state index contributed by atoms with van der Waals surface area (Å²) >= 11 is 26.6. The zero-order chi connectivity index (χ0) is 86.3. The molecule has 6 aliphatic rings. The van der Waals surface area contributed by atoms with Crippen molar-refractivity contribution in [1.82, 2.24) is 42.5 Å². The molecule has 119 heavy (non-hydrogen) atoms. The molecule has 6 heterocycles. The van der Waals surface area contributed by atoms with Crippen molar-refractivity contribution in [2.45, 2.75) is 170 Å². The Bertz CT molecular complexity index is 4980. The Labute approximate surface area is 701 Å². The lowest BCUT2D eigenvalue weighted by molar-refractivity contribution is -0.334. The maximum absolute atomic E-state index is 16.2. The molecule has 6 aliphatic heterocycles. The summed E-state index contributed by atoms with van der Waals surface area (Å²) in [6.45, 7) is 6.68. The molecule has 0 spiro atoms. The third-order valence-corrected chi connectivity index (χ3v) is 21.8. The number of phenols is 3. The van der Waals surface area contributed by atoms with Gasteiger partial charge in [0.15, 0.2) is 23.9 Å². The molecule has 13 rings (SSSR count). The van der Waals surface area contributed by atoms with Crippen molar-refractivity contribution in [3.05, 3.63) is 180 Å². The number of carbonyl (C=O) groups excluding carboxylic acids is 8. The zero-order valence-corrected chi connectivity index (χ0v) is 67.7. The average Bonchev–Trinajstić information content (AvgIpc) is 0.773. The summed E-state index contributed by atoms with van der Waals surface area (Å²) in [5, 5.41) is 126. The maximum atomic E-state index is 16.2. The van der Waals surface area contributed by atoms with Gasteiger partial charge < -0.3 is 133 Å². The lowest BCUT2D eigenvalue weighted by Crippen LogP contribution is -2.65. The summed E-state index contributed by atoms with van der Waals surface area (Å²) in [5.41, 5.74) is 9.71. The summed E-state index contributed by atoms with van der Waals surface area (Å²) in [7, 11) is 1.48. The largest absolute Gasteiger partial charge is 0.508 e. The van der Waals surface area contributed by atoms with Crippen molar-refractivity contribution in [3.8, 4) is 62.9 Å². The predicted octanol–water partition coefficient (Wildman–Crippen LogP) is 4.86. The number of carbonyl (C=O) groups is 8. The van der Waals surface area contributed by atoms with E-state index in [1.165, 1.54) is 37.4 Å². The quantitative estimate of drug-likeness (QED) is 0.0406. The van der Waals surface area contributed by atoms with Crippen LogP contribution in [0.25, 0.3) is 11.1 Å². The van der Waals surface area contributed by atoms with Crippen LogP contribution >= 0.6 is 46.4 Å². The number of benzene rings is 7. The third-order valence-electron chi connectivity index (χ3n) is 20.5. The predicted molar refractivity (Wildman–Crippen MR) is 427 cm³/mol. The number of aromatic hydroxyl groups is 3. The van der Waals surface area contributed by atoms with Gasteiger partial charge >= 0.3 is 0 Å². The molecular formula is C81H90Cl4N10O24. The van der Waals surface area contributed by atoms with Gasteiger partial charge in [-0.1, -0.05) is 96.6 Å². The minimum Gasteiger partial charge on any atom is -0.508 e. The summed E-state index contributed by atoms with van der Waals surface area (Å²) in [6, 6.07) is 15.4. The van der Waals surface area contributed by atoms with E-state index < -0.39 is 221 Å².